The second-order valence-electron chi connectivity index (χ2n) is 7.28. The van der Waals surface area contributed by atoms with Crippen molar-refractivity contribution in [1.29, 1.82) is 0 Å². The molecule has 0 radical (unpaired) electrons. The van der Waals surface area contributed by atoms with E-state index in [4.69, 9.17) is 9.47 Å². The quantitative estimate of drug-likeness (QED) is 0.483. The van der Waals surface area contributed by atoms with E-state index in [1.807, 2.05) is 62.4 Å². The molecular formula is C23H30N4O3. The number of benzene rings is 2. The molecule has 2 aromatic carbocycles. The largest absolute Gasteiger partial charge is 0.486 e. The first-order chi connectivity index (χ1) is 14.6. The molecule has 0 aromatic heterocycles. The molecule has 1 amide bonds. The number of guanidine groups is 1. The summed E-state index contributed by atoms with van der Waals surface area (Å²) in [6, 6.07) is 15.4. The minimum atomic E-state index is -0.0956. The molecule has 0 saturated heterocycles. The lowest BCUT2D eigenvalue weighted by molar-refractivity contribution is 0.0936. The number of carbonyl (C=O) groups is 1. The van der Waals surface area contributed by atoms with Crippen molar-refractivity contribution in [2.75, 3.05) is 20.2 Å². The topological polar surface area (TPSA) is 84.0 Å². The molecule has 2 atom stereocenters. The van der Waals surface area contributed by atoms with E-state index in [0.717, 1.165) is 23.5 Å². The Hall–Kier alpha value is -3.22. The van der Waals surface area contributed by atoms with Crippen LogP contribution in [0, 0.1) is 0 Å². The van der Waals surface area contributed by atoms with Gasteiger partial charge in [0.25, 0.3) is 5.91 Å². The van der Waals surface area contributed by atoms with Gasteiger partial charge in [-0.2, -0.15) is 0 Å². The third-order valence-corrected chi connectivity index (χ3v) is 4.95. The van der Waals surface area contributed by atoms with Crippen LogP contribution in [0.25, 0.3) is 0 Å². The third-order valence-electron chi connectivity index (χ3n) is 4.95. The van der Waals surface area contributed by atoms with Gasteiger partial charge in [-0.25, -0.2) is 0 Å². The fourth-order valence-electron chi connectivity index (χ4n) is 2.96. The van der Waals surface area contributed by atoms with Gasteiger partial charge in [0, 0.05) is 25.2 Å². The summed E-state index contributed by atoms with van der Waals surface area (Å²) in [5.41, 5.74) is 1.72. The van der Waals surface area contributed by atoms with E-state index in [-0.39, 0.29) is 18.1 Å². The molecule has 0 aliphatic carbocycles. The van der Waals surface area contributed by atoms with Crippen molar-refractivity contribution in [3.05, 3.63) is 59.7 Å². The van der Waals surface area contributed by atoms with Crippen molar-refractivity contribution in [2.45, 2.75) is 39.0 Å². The first kappa shape index (κ1) is 21.5. The second-order valence-corrected chi connectivity index (χ2v) is 7.28. The van der Waals surface area contributed by atoms with Crippen LogP contribution in [-0.2, 0) is 6.54 Å². The smallest absolute Gasteiger partial charge is 0.251 e. The Balaban J connectivity index is 1.45. The van der Waals surface area contributed by atoms with E-state index in [1.54, 1.807) is 7.05 Å². The van der Waals surface area contributed by atoms with Crippen molar-refractivity contribution >= 4 is 11.9 Å². The van der Waals surface area contributed by atoms with Crippen LogP contribution in [0.4, 0.5) is 0 Å². The van der Waals surface area contributed by atoms with Gasteiger partial charge in [-0.1, -0.05) is 31.2 Å². The summed E-state index contributed by atoms with van der Waals surface area (Å²) in [7, 11) is 1.73. The molecule has 0 spiro atoms. The molecule has 2 unspecified atom stereocenters. The molecule has 30 heavy (non-hydrogen) atoms. The minimum Gasteiger partial charge on any atom is -0.486 e. The third kappa shape index (κ3) is 5.89. The molecule has 1 aliphatic rings. The molecule has 7 heteroatoms. The van der Waals surface area contributed by atoms with E-state index >= 15 is 0 Å². The van der Waals surface area contributed by atoms with Gasteiger partial charge in [0.2, 0.25) is 0 Å². The average molecular weight is 411 g/mol. The predicted octanol–water partition coefficient (Wildman–Crippen LogP) is 2.72. The van der Waals surface area contributed by atoms with Gasteiger partial charge in [-0.05, 0) is 43.2 Å². The van der Waals surface area contributed by atoms with E-state index < -0.39 is 0 Å². The standard InChI is InChI=1S/C23H30N4O3/c1-4-16(2)27-22(28)18-11-9-17(10-12-18)13-25-23(24-3)26-14-19-15-29-20-7-5-6-8-21(20)30-19/h5-12,16,19H,4,13-15H2,1-3H3,(H,27,28)(H2,24,25,26). The highest BCUT2D eigenvalue weighted by Gasteiger charge is 2.20. The van der Waals surface area contributed by atoms with Crippen molar-refractivity contribution in [3.63, 3.8) is 0 Å². The highest BCUT2D eigenvalue weighted by atomic mass is 16.6. The summed E-state index contributed by atoms with van der Waals surface area (Å²) >= 11 is 0. The first-order valence-corrected chi connectivity index (χ1v) is 10.3. The van der Waals surface area contributed by atoms with Crippen LogP contribution in [0.3, 0.4) is 0 Å². The lowest BCUT2D eigenvalue weighted by Crippen LogP contribution is -2.45. The number of fused-ring (bicyclic) bond motifs is 1. The zero-order valence-corrected chi connectivity index (χ0v) is 17.8. The molecule has 0 fully saturated rings. The fourth-order valence-corrected chi connectivity index (χ4v) is 2.96. The predicted molar refractivity (Wildman–Crippen MR) is 118 cm³/mol. The summed E-state index contributed by atoms with van der Waals surface area (Å²) in [6.45, 7) is 5.70. The first-order valence-electron chi connectivity index (χ1n) is 10.3. The second kappa shape index (κ2) is 10.5. The Labute approximate surface area is 177 Å². The monoisotopic (exact) mass is 410 g/mol. The van der Waals surface area contributed by atoms with Gasteiger partial charge in [0.05, 0.1) is 6.54 Å². The van der Waals surface area contributed by atoms with Crippen molar-refractivity contribution < 1.29 is 14.3 Å². The van der Waals surface area contributed by atoms with E-state index in [0.29, 0.717) is 31.2 Å². The van der Waals surface area contributed by atoms with Crippen LogP contribution in [0.15, 0.2) is 53.5 Å². The number of rotatable bonds is 7. The summed E-state index contributed by atoms with van der Waals surface area (Å²) in [5, 5.41) is 9.52. The maximum atomic E-state index is 12.2. The van der Waals surface area contributed by atoms with Gasteiger partial charge in [-0.3, -0.25) is 9.79 Å². The van der Waals surface area contributed by atoms with Crippen LogP contribution < -0.4 is 25.4 Å². The van der Waals surface area contributed by atoms with E-state index in [9.17, 15) is 4.79 Å². The Morgan fingerprint density at radius 2 is 1.87 bits per heavy atom. The van der Waals surface area contributed by atoms with Crippen LogP contribution >= 0.6 is 0 Å². The molecule has 1 aliphatic heterocycles. The molecular weight excluding hydrogens is 380 g/mol. The van der Waals surface area contributed by atoms with E-state index in [1.165, 1.54) is 0 Å². The molecule has 3 N–H and O–H groups in total. The normalized spacial score (nSPS) is 16.5. The zero-order chi connectivity index (χ0) is 21.3. The summed E-state index contributed by atoms with van der Waals surface area (Å²) < 4.78 is 11.7. The Kier molecular flexibility index (Phi) is 7.54. The molecule has 1 heterocycles. The minimum absolute atomic E-state index is 0.0439. The zero-order valence-electron chi connectivity index (χ0n) is 17.8. The number of amides is 1. The number of nitrogens with one attached hydrogen (secondary N) is 3. The van der Waals surface area contributed by atoms with Crippen molar-refractivity contribution in [2.24, 2.45) is 4.99 Å². The SMILES string of the molecule is CCC(C)NC(=O)c1ccc(CNC(=NC)NCC2COc3ccccc3O2)cc1. The molecule has 3 rings (SSSR count). The summed E-state index contributed by atoms with van der Waals surface area (Å²) in [6.07, 6.45) is 0.812. The highest BCUT2D eigenvalue weighted by Crippen LogP contribution is 2.30. The van der Waals surface area contributed by atoms with Gasteiger partial charge >= 0.3 is 0 Å². The van der Waals surface area contributed by atoms with Crippen LogP contribution in [0.2, 0.25) is 0 Å². The van der Waals surface area contributed by atoms with Gasteiger partial charge < -0.3 is 25.4 Å². The van der Waals surface area contributed by atoms with E-state index in [2.05, 4.69) is 20.9 Å². The number of hydrogen-bond donors (Lipinski definition) is 3. The molecule has 0 saturated carbocycles. The summed E-state index contributed by atoms with van der Waals surface area (Å²) in [5.74, 6) is 2.17. The Morgan fingerprint density at radius 1 is 1.13 bits per heavy atom. The van der Waals surface area contributed by atoms with Crippen molar-refractivity contribution in [1.82, 2.24) is 16.0 Å². The Bertz CT molecular complexity index is 867. The fraction of sp³-hybridized carbons (Fsp3) is 0.391. The number of nitrogens with zero attached hydrogens (tertiary/aromatic N) is 1. The Morgan fingerprint density at radius 3 is 2.57 bits per heavy atom. The number of para-hydroxylation sites is 2. The number of carbonyl (C=O) groups excluding carboxylic acids is 1. The molecule has 160 valence electrons. The summed E-state index contributed by atoms with van der Waals surface area (Å²) in [4.78, 5) is 16.4. The number of ether oxygens (including phenoxy) is 2. The van der Waals surface area contributed by atoms with Crippen LogP contribution in [-0.4, -0.2) is 44.2 Å². The lowest BCUT2D eigenvalue weighted by atomic mass is 10.1. The average Bonchev–Trinajstić information content (AvgIpc) is 2.79. The van der Waals surface area contributed by atoms with Crippen molar-refractivity contribution in [3.8, 4) is 11.5 Å². The van der Waals surface area contributed by atoms with Gasteiger partial charge in [-0.15, -0.1) is 0 Å². The van der Waals surface area contributed by atoms with Crippen LogP contribution in [0.5, 0.6) is 11.5 Å². The number of hydrogen-bond acceptors (Lipinski definition) is 4. The van der Waals surface area contributed by atoms with Crippen LogP contribution in [0.1, 0.15) is 36.2 Å². The van der Waals surface area contributed by atoms with Gasteiger partial charge in [0.1, 0.15) is 12.7 Å². The molecule has 0 bridgehead atoms. The maximum Gasteiger partial charge on any atom is 0.251 e. The maximum absolute atomic E-state index is 12.2. The molecule has 2 aromatic rings. The van der Waals surface area contributed by atoms with Gasteiger partial charge in [0.15, 0.2) is 17.5 Å². The molecule has 7 nitrogen and oxygen atoms in total. The highest BCUT2D eigenvalue weighted by molar-refractivity contribution is 5.94. The number of aliphatic imine (C=N–C) groups is 1. The lowest BCUT2D eigenvalue weighted by Gasteiger charge is -2.27.